The van der Waals surface area contributed by atoms with Crippen LogP contribution < -0.4 is 9.47 Å². The van der Waals surface area contributed by atoms with Crippen molar-refractivity contribution in [3.63, 3.8) is 0 Å². The van der Waals surface area contributed by atoms with Crippen molar-refractivity contribution in [3.8, 4) is 11.5 Å². The number of hydrogen-bond acceptors (Lipinski definition) is 3. The zero-order valence-electron chi connectivity index (χ0n) is 21.1. The Morgan fingerprint density at radius 2 is 1.53 bits per heavy atom. The van der Waals surface area contributed by atoms with Crippen LogP contribution in [0.2, 0.25) is 0 Å². The van der Waals surface area contributed by atoms with Crippen LogP contribution in [-0.4, -0.2) is 16.7 Å². The molecule has 2 unspecified atom stereocenters. The fraction of sp³-hybridized carbons (Fsp3) is 0.367. The second-order valence-corrected chi connectivity index (χ2v) is 10.2. The molecule has 3 aromatic rings. The van der Waals surface area contributed by atoms with Crippen LogP contribution in [0, 0.1) is 20.8 Å². The summed E-state index contributed by atoms with van der Waals surface area (Å²) in [6.45, 7) is 14.6. The highest BCUT2D eigenvalue weighted by Gasteiger charge is 2.45. The van der Waals surface area contributed by atoms with Gasteiger partial charge in [-0.05, 0) is 68.4 Å². The summed E-state index contributed by atoms with van der Waals surface area (Å²) in [5, 5.41) is 9.97. The van der Waals surface area contributed by atoms with E-state index in [9.17, 15) is 9.90 Å². The highest BCUT2D eigenvalue weighted by molar-refractivity contribution is 5.75. The maximum absolute atomic E-state index is 12.2. The quantitative estimate of drug-likeness (QED) is 0.423. The van der Waals surface area contributed by atoms with E-state index in [0.717, 1.165) is 28.0 Å². The molecule has 1 aliphatic heterocycles. The number of aliphatic carboxylic acids is 1. The third-order valence-corrected chi connectivity index (χ3v) is 7.08. The zero-order chi connectivity index (χ0) is 24.8. The van der Waals surface area contributed by atoms with Crippen LogP contribution in [0.3, 0.4) is 0 Å². The highest BCUT2D eigenvalue weighted by Crippen LogP contribution is 2.54. The summed E-state index contributed by atoms with van der Waals surface area (Å²) in [7, 11) is 0. The van der Waals surface area contributed by atoms with Gasteiger partial charge in [0.15, 0.2) is 0 Å². The van der Waals surface area contributed by atoms with Crippen LogP contribution in [0.15, 0.2) is 54.6 Å². The average molecular weight is 459 g/mol. The SMILES string of the molecule is Cc1c(C)c2c(c(C)c1OC(C(=O)O)c1ccccc1)C(c1ccc(C(C)C)cc1)C(C)(C)O2. The number of fused-ring (bicyclic) bond motifs is 1. The van der Waals surface area contributed by atoms with Crippen LogP contribution in [0.25, 0.3) is 0 Å². The molecule has 3 aromatic carbocycles. The van der Waals surface area contributed by atoms with Gasteiger partial charge in [-0.25, -0.2) is 4.79 Å². The van der Waals surface area contributed by atoms with E-state index in [1.807, 2.05) is 39.0 Å². The maximum atomic E-state index is 12.2. The number of carbonyl (C=O) groups is 1. The first kappa shape index (κ1) is 23.9. The van der Waals surface area contributed by atoms with E-state index in [4.69, 9.17) is 9.47 Å². The van der Waals surface area contributed by atoms with Crippen molar-refractivity contribution in [3.05, 3.63) is 93.5 Å². The maximum Gasteiger partial charge on any atom is 0.349 e. The summed E-state index contributed by atoms with van der Waals surface area (Å²) < 4.78 is 12.8. The molecule has 2 atom stereocenters. The first-order chi connectivity index (χ1) is 16.0. The second kappa shape index (κ2) is 8.83. The molecule has 0 radical (unpaired) electrons. The minimum atomic E-state index is -1.09. The molecule has 4 heteroatoms. The Bertz CT molecular complexity index is 1210. The smallest absolute Gasteiger partial charge is 0.349 e. The minimum Gasteiger partial charge on any atom is -0.486 e. The molecule has 0 saturated heterocycles. The number of hydrogen-bond donors (Lipinski definition) is 1. The summed E-state index contributed by atoms with van der Waals surface area (Å²) in [6, 6.07) is 17.9. The van der Waals surface area contributed by atoms with E-state index in [1.165, 1.54) is 11.1 Å². The van der Waals surface area contributed by atoms with E-state index < -0.39 is 17.7 Å². The van der Waals surface area contributed by atoms with E-state index in [1.54, 1.807) is 12.1 Å². The predicted molar refractivity (Wildman–Crippen MR) is 135 cm³/mol. The van der Waals surface area contributed by atoms with Crippen molar-refractivity contribution >= 4 is 5.97 Å². The molecule has 0 aromatic heterocycles. The van der Waals surface area contributed by atoms with E-state index in [-0.39, 0.29) is 5.92 Å². The molecule has 34 heavy (non-hydrogen) atoms. The van der Waals surface area contributed by atoms with Crippen molar-refractivity contribution in [2.24, 2.45) is 0 Å². The molecule has 0 spiro atoms. The number of ether oxygens (including phenoxy) is 2. The van der Waals surface area contributed by atoms with Crippen LogP contribution in [0.4, 0.5) is 0 Å². The van der Waals surface area contributed by atoms with Gasteiger partial charge in [0.1, 0.15) is 17.1 Å². The first-order valence-corrected chi connectivity index (χ1v) is 11.9. The molecule has 4 nitrogen and oxygen atoms in total. The molecular formula is C30H34O4. The van der Waals surface area contributed by atoms with Crippen molar-refractivity contribution < 1.29 is 19.4 Å². The molecular weight excluding hydrogens is 424 g/mol. The summed E-state index contributed by atoms with van der Waals surface area (Å²) in [5.74, 6) is 0.965. The van der Waals surface area contributed by atoms with Gasteiger partial charge in [-0.15, -0.1) is 0 Å². The number of carboxylic acids is 1. The Kier molecular flexibility index (Phi) is 6.20. The molecule has 0 fully saturated rings. The van der Waals surface area contributed by atoms with E-state index in [2.05, 4.69) is 52.0 Å². The van der Waals surface area contributed by atoms with Gasteiger partial charge in [-0.1, -0.05) is 68.4 Å². The molecule has 1 N–H and O–H groups in total. The number of carboxylic acid groups (broad SMARTS) is 1. The third kappa shape index (κ3) is 4.06. The first-order valence-electron chi connectivity index (χ1n) is 11.9. The lowest BCUT2D eigenvalue weighted by molar-refractivity contribution is -0.145. The van der Waals surface area contributed by atoms with Crippen molar-refractivity contribution in [1.29, 1.82) is 0 Å². The number of rotatable bonds is 6. The van der Waals surface area contributed by atoms with Gasteiger partial charge in [0.05, 0.1) is 5.92 Å². The summed E-state index contributed by atoms with van der Waals surface area (Å²) in [6.07, 6.45) is -1.09. The number of benzene rings is 3. The summed E-state index contributed by atoms with van der Waals surface area (Å²) in [5.41, 5.74) is 6.56. The minimum absolute atomic E-state index is 0.00497. The van der Waals surface area contributed by atoms with Gasteiger partial charge in [0.2, 0.25) is 6.10 Å². The van der Waals surface area contributed by atoms with Gasteiger partial charge in [0, 0.05) is 11.1 Å². The Labute approximate surface area is 202 Å². The normalized spacial score (nSPS) is 17.2. The van der Waals surface area contributed by atoms with Gasteiger partial charge in [-0.2, -0.15) is 0 Å². The Balaban J connectivity index is 1.85. The molecule has 1 aliphatic rings. The van der Waals surface area contributed by atoms with Gasteiger partial charge in [-0.3, -0.25) is 0 Å². The van der Waals surface area contributed by atoms with Crippen LogP contribution in [0.1, 0.15) is 84.6 Å². The predicted octanol–water partition coefficient (Wildman–Crippen LogP) is 7.24. The Morgan fingerprint density at radius 1 is 0.912 bits per heavy atom. The lowest BCUT2D eigenvalue weighted by Crippen LogP contribution is -2.31. The topological polar surface area (TPSA) is 55.8 Å². The van der Waals surface area contributed by atoms with Gasteiger partial charge >= 0.3 is 5.97 Å². The molecule has 1 heterocycles. The Hall–Kier alpha value is -3.27. The lowest BCUT2D eigenvalue weighted by atomic mass is 9.78. The highest BCUT2D eigenvalue weighted by atomic mass is 16.5. The Morgan fingerprint density at radius 3 is 2.09 bits per heavy atom. The van der Waals surface area contributed by atoms with Gasteiger partial charge < -0.3 is 14.6 Å². The van der Waals surface area contributed by atoms with Crippen LogP contribution >= 0.6 is 0 Å². The molecule has 0 saturated carbocycles. The van der Waals surface area contributed by atoms with Crippen LogP contribution in [0.5, 0.6) is 11.5 Å². The van der Waals surface area contributed by atoms with Crippen LogP contribution in [-0.2, 0) is 4.79 Å². The zero-order valence-corrected chi connectivity index (χ0v) is 21.1. The third-order valence-electron chi connectivity index (χ3n) is 7.08. The lowest BCUT2D eigenvalue weighted by Gasteiger charge is -2.28. The molecule has 178 valence electrons. The van der Waals surface area contributed by atoms with Gasteiger partial charge in [0.25, 0.3) is 0 Å². The fourth-order valence-corrected chi connectivity index (χ4v) is 5.09. The fourth-order valence-electron chi connectivity index (χ4n) is 5.09. The van der Waals surface area contributed by atoms with Crippen molar-refractivity contribution in [2.45, 2.75) is 72.0 Å². The second-order valence-electron chi connectivity index (χ2n) is 10.2. The molecule has 4 rings (SSSR count). The molecule has 0 bridgehead atoms. The summed E-state index contributed by atoms with van der Waals surface area (Å²) in [4.78, 5) is 12.2. The molecule has 0 amide bonds. The van der Waals surface area contributed by atoms with Crippen molar-refractivity contribution in [1.82, 2.24) is 0 Å². The standard InChI is InChI=1S/C30H34O4/c1-17(2)21-13-15-22(16-14-21)25-24-20(5)26(18(3)19(4)27(24)34-30(25,6)7)33-28(29(31)32)23-11-9-8-10-12-23/h8-17,25,28H,1-7H3,(H,31,32). The molecule has 0 aliphatic carbocycles. The van der Waals surface area contributed by atoms with E-state index in [0.29, 0.717) is 17.2 Å². The average Bonchev–Trinajstić information content (AvgIpc) is 3.09. The van der Waals surface area contributed by atoms with Crippen molar-refractivity contribution in [2.75, 3.05) is 0 Å². The van der Waals surface area contributed by atoms with E-state index >= 15 is 0 Å². The summed E-state index contributed by atoms with van der Waals surface area (Å²) >= 11 is 0. The monoisotopic (exact) mass is 458 g/mol. The largest absolute Gasteiger partial charge is 0.486 e.